The van der Waals surface area contributed by atoms with Gasteiger partial charge in [-0.1, -0.05) is 41.9 Å². The van der Waals surface area contributed by atoms with E-state index >= 15 is 0 Å². The molecule has 126 valence electrons. The van der Waals surface area contributed by atoms with Gasteiger partial charge in [-0.2, -0.15) is 0 Å². The first-order valence-electron chi connectivity index (χ1n) is 8.62. The first-order chi connectivity index (χ1) is 12.3. The van der Waals surface area contributed by atoms with Crippen LogP contribution in [0.1, 0.15) is 19.3 Å². The highest BCUT2D eigenvalue weighted by atomic mass is 35.5. The summed E-state index contributed by atoms with van der Waals surface area (Å²) in [5, 5.41) is 9.62. The molecule has 2 heterocycles. The molecule has 0 radical (unpaired) electrons. The summed E-state index contributed by atoms with van der Waals surface area (Å²) in [6.45, 7) is 2.02. The zero-order valence-corrected chi connectivity index (χ0v) is 14.7. The molecule has 1 saturated heterocycles. The number of aromatic nitrogens is 3. The van der Waals surface area contributed by atoms with Gasteiger partial charge in [-0.05, 0) is 43.5 Å². The highest BCUT2D eigenvalue weighted by Gasteiger charge is 2.20. The molecule has 1 fully saturated rings. The molecule has 0 atom stereocenters. The average Bonchev–Trinajstić information content (AvgIpc) is 2.69. The zero-order valence-electron chi connectivity index (χ0n) is 13.9. The van der Waals surface area contributed by atoms with E-state index in [9.17, 15) is 0 Å². The molecule has 4 nitrogen and oxygen atoms in total. The van der Waals surface area contributed by atoms with Gasteiger partial charge in [0.25, 0.3) is 0 Å². The van der Waals surface area contributed by atoms with Crippen molar-refractivity contribution in [1.29, 1.82) is 0 Å². The predicted octanol–water partition coefficient (Wildman–Crippen LogP) is 4.85. The van der Waals surface area contributed by atoms with Crippen LogP contribution in [0.25, 0.3) is 22.6 Å². The van der Waals surface area contributed by atoms with Crippen LogP contribution in [0, 0.1) is 0 Å². The molecule has 25 heavy (non-hydrogen) atoms. The molecule has 1 aromatic heterocycles. The van der Waals surface area contributed by atoms with Crippen molar-refractivity contribution < 1.29 is 0 Å². The van der Waals surface area contributed by atoms with Crippen molar-refractivity contribution in [2.24, 2.45) is 0 Å². The Morgan fingerprint density at radius 3 is 2.20 bits per heavy atom. The van der Waals surface area contributed by atoms with Crippen molar-refractivity contribution in [2.75, 3.05) is 18.0 Å². The second-order valence-corrected chi connectivity index (χ2v) is 6.66. The molecule has 4 rings (SSSR count). The minimum atomic E-state index is 0.636. The maximum atomic E-state index is 5.99. The van der Waals surface area contributed by atoms with Gasteiger partial charge in [0, 0.05) is 29.2 Å². The molecule has 0 N–H and O–H groups in total. The molecule has 1 aliphatic heterocycles. The molecule has 0 saturated carbocycles. The van der Waals surface area contributed by atoms with E-state index in [1.165, 1.54) is 19.3 Å². The molecule has 0 spiro atoms. The smallest absolute Gasteiger partial charge is 0.183 e. The fourth-order valence-electron chi connectivity index (χ4n) is 3.15. The third-order valence-corrected chi connectivity index (χ3v) is 4.73. The molecule has 0 aliphatic carbocycles. The fraction of sp³-hybridized carbons (Fsp3) is 0.250. The normalized spacial score (nSPS) is 14.5. The van der Waals surface area contributed by atoms with E-state index in [-0.39, 0.29) is 0 Å². The lowest BCUT2D eigenvalue weighted by Gasteiger charge is -2.29. The minimum absolute atomic E-state index is 0.636. The molecule has 0 bridgehead atoms. The van der Waals surface area contributed by atoms with Crippen molar-refractivity contribution in [1.82, 2.24) is 15.2 Å². The topological polar surface area (TPSA) is 41.9 Å². The Bertz CT molecular complexity index is 843. The lowest BCUT2D eigenvalue weighted by Crippen LogP contribution is -2.31. The van der Waals surface area contributed by atoms with E-state index in [0.717, 1.165) is 35.7 Å². The van der Waals surface area contributed by atoms with Gasteiger partial charge < -0.3 is 4.90 Å². The molecule has 0 amide bonds. The van der Waals surface area contributed by atoms with Gasteiger partial charge in [0.05, 0.1) is 0 Å². The summed E-state index contributed by atoms with van der Waals surface area (Å²) in [4.78, 5) is 7.22. The van der Waals surface area contributed by atoms with Crippen molar-refractivity contribution in [3.05, 3.63) is 59.6 Å². The standard InChI is InChI=1S/C20H19ClN4/c21-17-11-9-16(10-12-17)19-22-20(25-13-5-2-6-14-25)18(23-24-19)15-7-3-1-4-8-15/h1,3-4,7-12H,2,5-6,13-14H2. The van der Waals surface area contributed by atoms with Crippen LogP contribution in [0.4, 0.5) is 5.82 Å². The van der Waals surface area contributed by atoms with E-state index in [4.69, 9.17) is 16.6 Å². The lowest BCUT2D eigenvalue weighted by molar-refractivity contribution is 0.572. The van der Waals surface area contributed by atoms with Crippen LogP contribution in [0.5, 0.6) is 0 Å². The van der Waals surface area contributed by atoms with Crippen LogP contribution in [0.15, 0.2) is 54.6 Å². The Kier molecular flexibility index (Phi) is 4.61. The van der Waals surface area contributed by atoms with Crippen LogP contribution in [0.3, 0.4) is 0 Å². The Balaban J connectivity index is 1.80. The molecule has 0 unspecified atom stereocenters. The van der Waals surface area contributed by atoms with Gasteiger partial charge >= 0.3 is 0 Å². The Morgan fingerprint density at radius 2 is 1.48 bits per heavy atom. The Labute approximate surface area is 152 Å². The Hall–Kier alpha value is -2.46. The highest BCUT2D eigenvalue weighted by Crippen LogP contribution is 2.30. The Morgan fingerprint density at radius 1 is 0.760 bits per heavy atom. The molecular weight excluding hydrogens is 332 g/mol. The second-order valence-electron chi connectivity index (χ2n) is 6.23. The number of anilines is 1. The SMILES string of the molecule is Clc1ccc(-c2nnc(-c3ccccc3)c(N3CCCCC3)n2)cc1. The van der Waals surface area contributed by atoms with Crippen LogP contribution >= 0.6 is 11.6 Å². The first kappa shape index (κ1) is 16.0. The maximum absolute atomic E-state index is 5.99. The first-order valence-corrected chi connectivity index (χ1v) is 9.00. The highest BCUT2D eigenvalue weighted by molar-refractivity contribution is 6.30. The fourth-order valence-corrected chi connectivity index (χ4v) is 3.27. The molecule has 3 aromatic rings. The molecule has 5 heteroatoms. The number of halogens is 1. The average molecular weight is 351 g/mol. The number of rotatable bonds is 3. The molecule has 1 aliphatic rings. The monoisotopic (exact) mass is 350 g/mol. The molecule has 2 aromatic carbocycles. The quantitative estimate of drug-likeness (QED) is 0.677. The number of nitrogens with zero attached hydrogens (tertiary/aromatic N) is 4. The summed E-state index contributed by atoms with van der Waals surface area (Å²) in [6, 6.07) is 17.7. The number of hydrogen-bond acceptors (Lipinski definition) is 4. The number of hydrogen-bond donors (Lipinski definition) is 0. The van der Waals surface area contributed by atoms with Gasteiger partial charge in [-0.3, -0.25) is 0 Å². The maximum Gasteiger partial charge on any atom is 0.183 e. The van der Waals surface area contributed by atoms with Crippen LogP contribution in [-0.4, -0.2) is 28.3 Å². The molecular formula is C20H19ClN4. The summed E-state index contributed by atoms with van der Waals surface area (Å²) in [5.74, 6) is 1.56. The summed E-state index contributed by atoms with van der Waals surface area (Å²) >= 11 is 5.99. The number of benzene rings is 2. The van der Waals surface area contributed by atoms with Crippen molar-refractivity contribution in [2.45, 2.75) is 19.3 Å². The third kappa shape index (κ3) is 3.49. The van der Waals surface area contributed by atoms with Crippen molar-refractivity contribution >= 4 is 17.4 Å². The predicted molar refractivity (Wildman–Crippen MR) is 102 cm³/mol. The van der Waals surface area contributed by atoms with Gasteiger partial charge in [-0.25, -0.2) is 4.98 Å². The second kappa shape index (κ2) is 7.19. The van der Waals surface area contributed by atoms with E-state index in [1.807, 2.05) is 42.5 Å². The summed E-state index contributed by atoms with van der Waals surface area (Å²) in [6.07, 6.45) is 3.66. The lowest BCUT2D eigenvalue weighted by atomic mass is 10.1. The number of piperidine rings is 1. The van der Waals surface area contributed by atoms with Crippen molar-refractivity contribution in [3.8, 4) is 22.6 Å². The van der Waals surface area contributed by atoms with E-state index in [2.05, 4.69) is 27.2 Å². The van der Waals surface area contributed by atoms with E-state index < -0.39 is 0 Å². The van der Waals surface area contributed by atoms with Crippen LogP contribution in [0.2, 0.25) is 5.02 Å². The summed E-state index contributed by atoms with van der Waals surface area (Å²) < 4.78 is 0. The minimum Gasteiger partial charge on any atom is -0.355 e. The van der Waals surface area contributed by atoms with Crippen molar-refractivity contribution in [3.63, 3.8) is 0 Å². The van der Waals surface area contributed by atoms with Gasteiger partial charge in [0.1, 0.15) is 5.69 Å². The van der Waals surface area contributed by atoms with Gasteiger partial charge in [0.15, 0.2) is 11.6 Å². The summed E-state index contributed by atoms with van der Waals surface area (Å²) in [7, 11) is 0. The van der Waals surface area contributed by atoms with Gasteiger partial charge in [-0.15, -0.1) is 10.2 Å². The largest absolute Gasteiger partial charge is 0.355 e. The third-order valence-electron chi connectivity index (χ3n) is 4.47. The van der Waals surface area contributed by atoms with E-state index in [1.54, 1.807) is 0 Å². The van der Waals surface area contributed by atoms with E-state index in [0.29, 0.717) is 10.8 Å². The van der Waals surface area contributed by atoms with Crippen LogP contribution in [-0.2, 0) is 0 Å². The zero-order chi connectivity index (χ0) is 17.1. The summed E-state index contributed by atoms with van der Waals surface area (Å²) in [5.41, 5.74) is 2.82. The van der Waals surface area contributed by atoms with Crippen LogP contribution < -0.4 is 4.90 Å². The van der Waals surface area contributed by atoms with Gasteiger partial charge in [0.2, 0.25) is 0 Å².